The van der Waals surface area contributed by atoms with Gasteiger partial charge in [-0.3, -0.25) is 4.79 Å². The monoisotopic (exact) mass is 299 g/mol. The molecule has 0 aliphatic heterocycles. The number of amides is 1. The van der Waals surface area contributed by atoms with Crippen LogP contribution in [0.15, 0.2) is 0 Å². The van der Waals surface area contributed by atoms with Crippen LogP contribution in [0.3, 0.4) is 0 Å². The third-order valence-electron chi connectivity index (χ3n) is 8.88. The molecule has 7 aliphatic rings. The van der Waals surface area contributed by atoms with E-state index in [1.807, 2.05) is 0 Å². The van der Waals surface area contributed by atoms with Gasteiger partial charge >= 0.3 is 0 Å². The smallest absolute Gasteiger partial charge is 0.226 e. The van der Waals surface area contributed by atoms with Crippen molar-refractivity contribution in [2.75, 3.05) is 6.54 Å². The van der Waals surface area contributed by atoms with E-state index in [4.69, 9.17) is 0 Å². The molecule has 0 unspecified atom stereocenters. The Hall–Kier alpha value is -0.530. The number of hydrogen-bond acceptors (Lipinski definition) is 1. The maximum Gasteiger partial charge on any atom is 0.226 e. The number of rotatable bonds is 3. The summed E-state index contributed by atoms with van der Waals surface area (Å²) in [5.41, 5.74) is 0.0640. The van der Waals surface area contributed by atoms with E-state index in [0.29, 0.717) is 5.91 Å². The second-order valence-corrected chi connectivity index (χ2v) is 10.1. The summed E-state index contributed by atoms with van der Waals surface area (Å²) < 4.78 is 0. The zero-order chi connectivity index (χ0) is 14.5. The van der Waals surface area contributed by atoms with Crippen molar-refractivity contribution >= 4 is 5.91 Å². The van der Waals surface area contributed by atoms with Crippen molar-refractivity contribution in [3.8, 4) is 0 Å². The summed E-state index contributed by atoms with van der Waals surface area (Å²) in [4.78, 5) is 13.0. The Morgan fingerprint density at radius 3 is 2.09 bits per heavy atom. The van der Waals surface area contributed by atoms with Crippen molar-refractivity contribution in [1.29, 1.82) is 0 Å². The zero-order valence-corrected chi connectivity index (χ0v) is 13.6. The molecule has 7 fully saturated rings. The molecule has 0 spiro atoms. The Morgan fingerprint density at radius 2 is 1.50 bits per heavy atom. The Morgan fingerprint density at radius 1 is 0.818 bits per heavy atom. The van der Waals surface area contributed by atoms with Gasteiger partial charge < -0.3 is 5.32 Å². The van der Waals surface area contributed by atoms with Crippen molar-refractivity contribution in [3.63, 3.8) is 0 Å². The number of hydrogen-bond donors (Lipinski definition) is 1. The third-order valence-corrected chi connectivity index (χ3v) is 8.88. The summed E-state index contributed by atoms with van der Waals surface area (Å²) in [6, 6.07) is 0. The molecule has 2 heteroatoms. The maximum atomic E-state index is 13.0. The Bertz CT molecular complexity index is 491. The summed E-state index contributed by atoms with van der Waals surface area (Å²) in [5.74, 6) is 8.13. The van der Waals surface area contributed by atoms with E-state index >= 15 is 0 Å². The highest BCUT2D eigenvalue weighted by Gasteiger charge is 2.61. The fourth-order valence-corrected chi connectivity index (χ4v) is 8.38. The molecule has 7 aliphatic carbocycles. The molecule has 22 heavy (non-hydrogen) atoms. The fourth-order valence-electron chi connectivity index (χ4n) is 8.38. The molecule has 0 heterocycles. The van der Waals surface area contributed by atoms with Crippen molar-refractivity contribution in [2.45, 2.75) is 57.8 Å². The minimum absolute atomic E-state index is 0.0640. The van der Waals surface area contributed by atoms with Crippen molar-refractivity contribution in [1.82, 2.24) is 5.32 Å². The number of fused-ring (bicyclic) bond motifs is 5. The molecule has 0 aromatic rings. The minimum atomic E-state index is 0.0640. The Balaban J connectivity index is 1.14. The molecule has 7 rings (SSSR count). The summed E-state index contributed by atoms with van der Waals surface area (Å²) in [7, 11) is 0. The summed E-state index contributed by atoms with van der Waals surface area (Å²) in [6.07, 6.45) is 12.4. The first-order valence-corrected chi connectivity index (χ1v) is 9.98. The first-order valence-electron chi connectivity index (χ1n) is 9.98. The van der Waals surface area contributed by atoms with E-state index in [0.717, 1.165) is 53.9 Å². The third kappa shape index (κ3) is 1.65. The quantitative estimate of drug-likeness (QED) is 0.847. The molecule has 2 nitrogen and oxygen atoms in total. The summed E-state index contributed by atoms with van der Waals surface area (Å²) in [6.45, 7) is 1.00. The minimum Gasteiger partial charge on any atom is -0.355 e. The van der Waals surface area contributed by atoms with Gasteiger partial charge in [0.2, 0.25) is 5.91 Å². The van der Waals surface area contributed by atoms with Gasteiger partial charge in [0.1, 0.15) is 0 Å². The molecule has 7 saturated carbocycles. The zero-order valence-electron chi connectivity index (χ0n) is 13.6. The molecular weight excluding hydrogens is 270 g/mol. The number of carbonyl (C=O) groups excluding carboxylic acids is 1. The van der Waals surface area contributed by atoms with Crippen LogP contribution in [0.4, 0.5) is 0 Å². The van der Waals surface area contributed by atoms with Crippen LogP contribution in [-0.4, -0.2) is 12.5 Å². The molecule has 0 radical (unpaired) electrons. The molecule has 1 N–H and O–H groups in total. The number of carbonyl (C=O) groups is 1. The highest BCUT2D eigenvalue weighted by atomic mass is 16.2. The van der Waals surface area contributed by atoms with Gasteiger partial charge in [0.25, 0.3) is 0 Å². The lowest BCUT2D eigenvalue weighted by atomic mass is 9.49. The molecule has 1 amide bonds. The number of nitrogens with one attached hydrogen (secondary N) is 1. The highest BCUT2D eigenvalue weighted by Crippen LogP contribution is 2.67. The van der Waals surface area contributed by atoms with Gasteiger partial charge in [-0.15, -0.1) is 0 Å². The topological polar surface area (TPSA) is 29.1 Å². The van der Waals surface area contributed by atoms with Crippen LogP contribution in [0.2, 0.25) is 0 Å². The van der Waals surface area contributed by atoms with Gasteiger partial charge in [0, 0.05) is 12.0 Å². The first-order chi connectivity index (χ1) is 10.7. The van der Waals surface area contributed by atoms with Crippen LogP contribution in [0, 0.1) is 52.8 Å². The van der Waals surface area contributed by atoms with E-state index in [9.17, 15) is 4.79 Å². The van der Waals surface area contributed by atoms with Crippen LogP contribution >= 0.6 is 0 Å². The lowest BCUT2D eigenvalue weighted by molar-refractivity contribution is -0.146. The van der Waals surface area contributed by atoms with Crippen LogP contribution in [0.5, 0.6) is 0 Å². The van der Waals surface area contributed by atoms with Gasteiger partial charge in [-0.05, 0) is 105 Å². The van der Waals surface area contributed by atoms with Crippen LogP contribution in [0.25, 0.3) is 0 Å². The lowest BCUT2D eigenvalue weighted by Crippen LogP contribution is -2.54. The van der Waals surface area contributed by atoms with Crippen LogP contribution in [-0.2, 0) is 4.79 Å². The molecule has 0 aromatic carbocycles. The van der Waals surface area contributed by atoms with Crippen molar-refractivity contribution in [2.24, 2.45) is 52.8 Å². The predicted molar refractivity (Wildman–Crippen MR) is 84.9 cm³/mol. The van der Waals surface area contributed by atoms with Gasteiger partial charge in [-0.1, -0.05) is 0 Å². The SMILES string of the molecule is O=C(NC[C@@H]1C[C@@H]2C[C@@H]1[C@H]1C[C@H]21)C12CC3CC(CC(C3)C1)C2. The fraction of sp³-hybridized carbons (Fsp3) is 0.950. The van der Waals surface area contributed by atoms with Crippen molar-refractivity contribution < 1.29 is 4.79 Å². The maximum absolute atomic E-state index is 13.0. The molecule has 0 saturated heterocycles. The summed E-state index contributed by atoms with van der Waals surface area (Å²) in [5, 5.41) is 3.47. The Labute approximate surface area is 133 Å². The van der Waals surface area contributed by atoms with Gasteiger partial charge in [-0.2, -0.15) is 0 Å². The van der Waals surface area contributed by atoms with Gasteiger partial charge in [0.05, 0.1) is 0 Å². The lowest BCUT2D eigenvalue weighted by Gasteiger charge is -2.55. The largest absolute Gasteiger partial charge is 0.355 e. The molecular formula is C20H29NO. The average Bonchev–Trinajstić information content (AvgIpc) is 3.09. The van der Waals surface area contributed by atoms with E-state index in [1.165, 1.54) is 57.8 Å². The normalized spacial score (nSPS) is 59.6. The molecule has 6 bridgehead atoms. The molecule has 0 aromatic heterocycles. The van der Waals surface area contributed by atoms with Crippen LogP contribution < -0.4 is 5.32 Å². The second-order valence-electron chi connectivity index (χ2n) is 10.1. The molecule has 5 atom stereocenters. The van der Waals surface area contributed by atoms with Crippen molar-refractivity contribution in [3.05, 3.63) is 0 Å². The van der Waals surface area contributed by atoms with E-state index < -0.39 is 0 Å². The Kier molecular flexibility index (Phi) is 2.40. The molecule has 120 valence electrons. The second kappa shape index (κ2) is 4.11. The predicted octanol–water partition coefficient (Wildman–Crippen LogP) is 3.61. The van der Waals surface area contributed by atoms with Gasteiger partial charge in [-0.25, -0.2) is 0 Å². The first kappa shape index (κ1) is 12.8. The summed E-state index contributed by atoms with van der Waals surface area (Å²) >= 11 is 0. The van der Waals surface area contributed by atoms with E-state index in [1.54, 1.807) is 0 Å². The van der Waals surface area contributed by atoms with E-state index in [-0.39, 0.29) is 5.41 Å². The highest BCUT2D eigenvalue weighted by molar-refractivity contribution is 5.83. The standard InChI is InChI=1S/C20H29NO/c22-19(20-7-11-1-12(8-20)3-13(2-11)9-20)21-10-15-4-14-5-16(15)18-6-17(14)18/h11-18H,1-10H2,(H,21,22)/t11?,12?,13?,14-,15+,16+,17-,18-,20?/m1/s1. The van der Waals surface area contributed by atoms with Crippen LogP contribution in [0.1, 0.15) is 57.8 Å². The van der Waals surface area contributed by atoms with Gasteiger partial charge in [0.15, 0.2) is 0 Å². The average molecular weight is 299 g/mol. The van der Waals surface area contributed by atoms with E-state index in [2.05, 4.69) is 5.32 Å².